The molecule has 0 atom stereocenters. The molecule has 7 nitrogen and oxygen atoms in total. The summed E-state index contributed by atoms with van der Waals surface area (Å²) in [6.07, 6.45) is 0.374. The molecule has 0 radical (unpaired) electrons. The molecule has 7 heteroatoms. The van der Waals surface area contributed by atoms with Crippen LogP contribution in [0.4, 0.5) is 11.4 Å². The Morgan fingerprint density at radius 3 is 2.56 bits per heavy atom. The van der Waals surface area contributed by atoms with Gasteiger partial charge in [0.25, 0.3) is 5.91 Å². The van der Waals surface area contributed by atoms with Gasteiger partial charge >= 0.3 is 0 Å². The van der Waals surface area contributed by atoms with E-state index in [9.17, 15) is 14.4 Å². The summed E-state index contributed by atoms with van der Waals surface area (Å²) in [4.78, 5) is 36.0. The van der Waals surface area contributed by atoms with E-state index in [0.717, 1.165) is 17.8 Å². The molecule has 140 valence electrons. The highest BCUT2D eigenvalue weighted by molar-refractivity contribution is 6.05. The third kappa shape index (κ3) is 4.51. The summed E-state index contributed by atoms with van der Waals surface area (Å²) in [6, 6.07) is 14.2. The van der Waals surface area contributed by atoms with Gasteiger partial charge in [0.05, 0.1) is 5.69 Å². The second kappa shape index (κ2) is 8.46. The molecule has 2 aromatic rings. The molecule has 3 N–H and O–H groups in total. The molecule has 0 saturated carbocycles. The highest BCUT2D eigenvalue weighted by Gasteiger charge is 2.24. The molecule has 0 spiro atoms. The van der Waals surface area contributed by atoms with Crippen LogP contribution in [0.1, 0.15) is 35.7 Å². The van der Waals surface area contributed by atoms with E-state index in [1.165, 1.54) is 5.01 Å². The number of para-hydroxylation sites is 1. The standard InChI is InChI=1S/C20H22N4O3/c1-2-21-13-15-5-3-4-6-17(15)22-20(27)14-7-9-16(10-8-14)24-19(26)12-11-18(25)23-24/h3-10,21H,2,11-13H2,1H3,(H,22,27)(H,23,25). The normalized spacial score (nSPS) is 14.0. The van der Waals surface area contributed by atoms with Crippen LogP contribution in [-0.2, 0) is 16.1 Å². The highest BCUT2D eigenvalue weighted by atomic mass is 16.2. The Balaban J connectivity index is 1.71. The van der Waals surface area contributed by atoms with Crippen molar-refractivity contribution in [2.75, 3.05) is 16.9 Å². The van der Waals surface area contributed by atoms with Gasteiger partial charge in [0, 0.05) is 30.6 Å². The number of carbonyl (C=O) groups is 3. The van der Waals surface area contributed by atoms with Crippen LogP contribution in [0.3, 0.4) is 0 Å². The number of benzene rings is 2. The molecule has 1 aliphatic heterocycles. The minimum Gasteiger partial charge on any atom is -0.322 e. The van der Waals surface area contributed by atoms with Gasteiger partial charge in [-0.3, -0.25) is 19.8 Å². The third-order valence-corrected chi connectivity index (χ3v) is 4.27. The summed E-state index contributed by atoms with van der Waals surface area (Å²) in [5.74, 6) is -0.614. The monoisotopic (exact) mass is 366 g/mol. The van der Waals surface area contributed by atoms with Crippen LogP contribution in [0.2, 0.25) is 0 Å². The Labute approximate surface area is 157 Å². The van der Waals surface area contributed by atoms with Gasteiger partial charge in [-0.1, -0.05) is 25.1 Å². The minimum atomic E-state index is -0.237. The van der Waals surface area contributed by atoms with Gasteiger partial charge in [-0.25, -0.2) is 5.01 Å². The molecule has 3 rings (SSSR count). The number of carbonyl (C=O) groups excluding carboxylic acids is 3. The maximum atomic E-state index is 12.6. The lowest BCUT2D eigenvalue weighted by atomic mass is 10.1. The fourth-order valence-corrected chi connectivity index (χ4v) is 2.80. The zero-order valence-corrected chi connectivity index (χ0v) is 15.1. The van der Waals surface area contributed by atoms with Crippen LogP contribution >= 0.6 is 0 Å². The fraction of sp³-hybridized carbons (Fsp3) is 0.250. The fourth-order valence-electron chi connectivity index (χ4n) is 2.80. The Bertz CT molecular complexity index is 849. The predicted octanol–water partition coefficient (Wildman–Crippen LogP) is 2.21. The minimum absolute atomic E-state index is 0.177. The summed E-state index contributed by atoms with van der Waals surface area (Å²) in [5.41, 5.74) is 5.29. The number of hydrogen-bond acceptors (Lipinski definition) is 4. The van der Waals surface area contributed by atoms with E-state index in [-0.39, 0.29) is 30.6 Å². The van der Waals surface area contributed by atoms with Gasteiger partial charge in [-0.05, 0) is 42.4 Å². The van der Waals surface area contributed by atoms with Gasteiger partial charge in [0.15, 0.2) is 0 Å². The van der Waals surface area contributed by atoms with Crippen molar-refractivity contribution >= 4 is 29.1 Å². The first kappa shape index (κ1) is 18.6. The first-order chi connectivity index (χ1) is 13.1. The Morgan fingerprint density at radius 2 is 1.81 bits per heavy atom. The van der Waals surface area contributed by atoms with E-state index in [1.54, 1.807) is 24.3 Å². The quantitative estimate of drug-likeness (QED) is 0.731. The molecule has 1 fully saturated rings. The molecule has 3 amide bonds. The third-order valence-electron chi connectivity index (χ3n) is 4.27. The molecular formula is C20H22N4O3. The summed E-state index contributed by atoms with van der Waals surface area (Å²) < 4.78 is 0. The van der Waals surface area contributed by atoms with Crippen molar-refractivity contribution in [3.8, 4) is 0 Å². The number of hydrogen-bond donors (Lipinski definition) is 3. The lowest BCUT2D eigenvalue weighted by Gasteiger charge is -2.27. The van der Waals surface area contributed by atoms with Crippen LogP contribution in [0.5, 0.6) is 0 Å². The summed E-state index contributed by atoms with van der Waals surface area (Å²) in [7, 11) is 0. The van der Waals surface area contributed by atoms with E-state index >= 15 is 0 Å². The number of nitrogens with zero attached hydrogens (tertiary/aromatic N) is 1. The number of anilines is 2. The van der Waals surface area contributed by atoms with Gasteiger partial charge in [0.2, 0.25) is 11.8 Å². The van der Waals surface area contributed by atoms with Crippen molar-refractivity contribution in [2.45, 2.75) is 26.3 Å². The molecule has 1 aliphatic rings. The molecular weight excluding hydrogens is 344 g/mol. The number of hydrazine groups is 1. The van der Waals surface area contributed by atoms with Crippen molar-refractivity contribution in [3.05, 3.63) is 59.7 Å². The van der Waals surface area contributed by atoms with E-state index in [2.05, 4.69) is 16.1 Å². The van der Waals surface area contributed by atoms with Gasteiger partial charge < -0.3 is 10.6 Å². The van der Waals surface area contributed by atoms with Gasteiger partial charge in [0.1, 0.15) is 0 Å². The van der Waals surface area contributed by atoms with Gasteiger partial charge in [-0.15, -0.1) is 0 Å². The van der Waals surface area contributed by atoms with E-state index in [0.29, 0.717) is 17.8 Å². The van der Waals surface area contributed by atoms with E-state index < -0.39 is 0 Å². The van der Waals surface area contributed by atoms with Crippen LogP contribution in [0, 0.1) is 0 Å². The second-order valence-electron chi connectivity index (χ2n) is 6.20. The molecule has 1 saturated heterocycles. The average molecular weight is 366 g/mol. The van der Waals surface area contributed by atoms with Crippen LogP contribution in [0.15, 0.2) is 48.5 Å². The molecule has 2 aromatic carbocycles. The van der Waals surface area contributed by atoms with Crippen LogP contribution in [-0.4, -0.2) is 24.3 Å². The first-order valence-corrected chi connectivity index (χ1v) is 8.91. The first-order valence-electron chi connectivity index (χ1n) is 8.91. The maximum Gasteiger partial charge on any atom is 0.255 e. The Hall–Kier alpha value is -3.19. The number of nitrogens with one attached hydrogen (secondary N) is 3. The summed E-state index contributed by atoms with van der Waals surface area (Å²) >= 11 is 0. The number of rotatable bonds is 6. The lowest BCUT2D eigenvalue weighted by molar-refractivity contribution is -0.130. The lowest BCUT2D eigenvalue weighted by Crippen LogP contribution is -2.50. The smallest absolute Gasteiger partial charge is 0.255 e. The molecule has 0 bridgehead atoms. The Kier molecular flexibility index (Phi) is 5.83. The molecule has 0 unspecified atom stereocenters. The van der Waals surface area contributed by atoms with Crippen molar-refractivity contribution < 1.29 is 14.4 Å². The largest absolute Gasteiger partial charge is 0.322 e. The maximum absolute atomic E-state index is 12.6. The highest BCUT2D eigenvalue weighted by Crippen LogP contribution is 2.20. The topological polar surface area (TPSA) is 90.5 Å². The molecule has 27 heavy (non-hydrogen) atoms. The van der Waals surface area contributed by atoms with Crippen LogP contribution in [0.25, 0.3) is 0 Å². The predicted molar refractivity (Wildman–Crippen MR) is 103 cm³/mol. The second-order valence-corrected chi connectivity index (χ2v) is 6.20. The van der Waals surface area contributed by atoms with E-state index in [4.69, 9.17) is 0 Å². The SMILES string of the molecule is CCNCc1ccccc1NC(=O)c1ccc(N2NC(=O)CCC2=O)cc1. The average Bonchev–Trinajstić information content (AvgIpc) is 2.69. The molecule has 1 heterocycles. The van der Waals surface area contributed by atoms with E-state index in [1.807, 2.05) is 31.2 Å². The zero-order valence-electron chi connectivity index (χ0n) is 15.1. The Morgan fingerprint density at radius 1 is 1.07 bits per heavy atom. The number of amides is 3. The van der Waals surface area contributed by atoms with Crippen molar-refractivity contribution in [1.29, 1.82) is 0 Å². The van der Waals surface area contributed by atoms with Crippen molar-refractivity contribution in [3.63, 3.8) is 0 Å². The van der Waals surface area contributed by atoms with Crippen molar-refractivity contribution in [2.24, 2.45) is 0 Å². The zero-order chi connectivity index (χ0) is 19.2. The summed E-state index contributed by atoms with van der Waals surface area (Å²) in [5, 5.41) is 7.39. The molecule has 0 aromatic heterocycles. The van der Waals surface area contributed by atoms with Gasteiger partial charge in [-0.2, -0.15) is 0 Å². The molecule has 0 aliphatic carbocycles. The summed E-state index contributed by atoms with van der Waals surface area (Å²) in [6.45, 7) is 3.54. The van der Waals surface area contributed by atoms with Crippen LogP contribution < -0.4 is 21.1 Å². The van der Waals surface area contributed by atoms with Crippen molar-refractivity contribution in [1.82, 2.24) is 10.7 Å².